The second-order valence-electron chi connectivity index (χ2n) is 2.39. The van der Waals surface area contributed by atoms with Crippen molar-refractivity contribution in [3.8, 4) is 0 Å². The van der Waals surface area contributed by atoms with Crippen LogP contribution in [0.25, 0.3) is 0 Å². The average Bonchev–Trinajstić information content (AvgIpc) is 1.82. The summed E-state index contributed by atoms with van der Waals surface area (Å²) in [5, 5.41) is 0.642. The van der Waals surface area contributed by atoms with Crippen molar-refractivity contribution in [1.82, 2.24) is 4.90 Å². The minimum atomic E-state index is 0.642. The quantitative estimate of drug-likeness (QED) is 0.492. The zero-order valence-corrected chi connectivity index (χ0v) is 9.20. The second kappa shape index (κ2) is 5.27. The highest BCUT2D eigenvalue weighted by Gasteiger charge is 2.01. The molecule has 10 heavy (non-hydrogen) atoms. The Hall–Kier alpha value is 0.590. The van der Waals surface area contributed by atoms with Crippen LogP contribution in [0.1, 0.15) is 13.8 Å². The maximum absolute atomic E-state index is 5.06. The Balaban J connectivity index is 3.40. The lowest BCUT2D eigenvalue weighted by Crippen LogP contribution is -2.15. The molecule has 4 heteroatoms. The first-order valence-corrected chi connectivity index (χ1v) is 5.70. The third kappa shape index (κ3) is 5.38. The minimum Gasteiger partial charge on any atom is -0.363 e. The summed E-state index contributed by atoms with van der Waals surface area (Å²) in [6, 6.07) is 0. The molecule has 0 unspecified atom stereocenters. The minimum absolute atomic E-state index is 0.642. The molecule has 0 bridgehead atoms. The third-order valence-corrected chi connectivity index (χ3v) is 4.51. The topological polar surface area (TPSA) is 3.24 Å². The summed E-state index contributed by atoms with van der Waals surface area (Å²) < 4.78 is 0.943. The predicted molar refractivity (Wildman–Crippen MR) is 56.6 cm³/mol. The third-order valence-electron chi connectivity index (χ3n) is 0.677. The smallest absolute Gasteiger partial charge is 0.146 e. The van der Waals surface area contributed by atoms with Gasteiger partial charge in [-0.3, -0.25) is 0 Å². The van der Waals surface area contributed by atoms with E-state index in [1.54, 1.807) is 21.6 Å². The second-order valence-corrected chi connectivity index (χ2v) is 5.80. The molecule has 0 fully saturated rings. The van der Waals surface area contributed by atoms with Gasteiger partial charge in [-0.15, -0.1) is 0 Å². The van der Waals surface area contributed by atoms with Gasteiger partial charge in [-0.05, 0) is 10.8 Å². The molecule has 0 saturated heterocycles. The van der Waals surface area contributed by atoms with Crippen LogP contribution in [0.5, 0.6) is 0 Å². The van der Waals surface area contributed by atoms with Crippen molar-refractivity contribution in [2.45, 2.75) is 19.1 Å². The number of thiocarbonyl (C=S) groups is 1. The Morgan fingerprint density at radius 2 is 1.90 bits per heavy atom. The van der Waals surface area contributed by atoms with E-state index in [0.717, 1.165) is 4.32 Å². The van der Waals surface area contributed by atoms with E-state index >= 15 is 0 Å². The van der Waals surface area contributed by atoms with Gasteiger partial charge in [0, 0.05) is 19.3 Å². The molecule has 0 aromatic heterocycles. The van der Waals surface area contributed by atoms with Gasteiger partial charge in [0.05, 0.1) is 0 Å². The molecule has 0 aliphatic rings. The SMILES string of the molecule is CC(C)SSC(=S)N(C)C. The van der Waals surface area contributed by atoms with Gasteiger partial charge >= 0.3 is 0 Å². The van der Waals surface area contributed by atoms with Crippen molar-refractivity contribution in [1.29, 1.82) is 0 Å². The van der Waals surface area contributed by atoms with Crippen molar-refractivity contribution in [3.63, 3.8) is 0 Å². The maximum atomic E-state index is 5.06. The number of hydrogen-bond acceptors (Lipinski definition) is 3. The first-order chi connectivity index (χ1) is 4.54. The molecule has 0 rings (SSSR count). The number of nitrogens with zero attached hydrogens (tertiary/aromatic N) is 1. The Bertz CT molecular complexity index is 112. The Labute approximate surface area is 76.3 Å². The highest BCUT2D eigenvalue weighted by molar-refractivity contribution is 8.83. The monoisotopic (exact) mass is 195 g/mol. The number of rotatable bonds is 2. The molecule has 0 aliphatic carbocycles. The summed E-state index contributed by atoms with van der Waals surface area (Å²) in [6.45, 7) is 4.33. The Morgan fingerprint density at radius 1 is 1.40 bits per heavy atom. The number of hydrogen-bond donors (Lipinski definition) is 0. The van der Waals surface area contributed by atoms with E-state index in [4.69, 9.17) is 12.2 Å². The lowest BCUT2D eigenvalue weighted by molar-refractivity contribution is 0.648. The largest absolute Gasteiger partial charge is 0.363 e. The van der Waals surface area contributed by atoms with Gasteiger partial charge in [0.1, 0.15) is 4.32 Å². The fourth-order valence-electron chi connectivity index (χ4n) is 0.212. The van der Waals surface area contributed by atoms with Crippen LogP contribution in [0.2, 0.25) is 0 Å². The van der Waals surface area contributed by atoms with Crippen LogP contribution in [0, 0.1) is 0 Å². The van der Waals surface area contributed by atoms with E-state index in [-0.39, 0.29) is 0 Å². The van der Waals surface area contributed by atoms with Crippen molar-refractivity contribution in [3.05, 3.63) is 0 Å². The summed E-state index contributed by atoms with van der Waals surface area (Å²) in [5.74, 6) is 0. The molecule has 0 amide bonds. The summed E-state index contributed by atoms with van der Waals surface area (Å²) >= 11 is 5.06. The van der Waals surface area contributed by atoms with Crippen molar-refractivity contribution in [2.24, 2.45) is 0 Å². The zero-order valence-electron chi connectivity index (χ0n) is 6.75. The van der Waals surface area contributed by atoms with Crippen molar-refractivity contribution in [2.75, 3.05) is 14.1 Å². The Kier molecular flexibility index (Phi) is 5.58. The van der Waals surface area contributed by atoms with Crippen LogP contribution in [-0.2, 0) is 0 Å². The fraction of sp³-hybridized carbons (Fsp3) is 0.833. The molecule has 0 saturated carbocycles. The summed E-state index contributed by atoms with van der Waals surface area (Å²) in [7, 11) is 7.41. The van der Waals surface area contributed by atoms with Gasteiger partial charge in [-0.1, -0.05) is 36.9 Å². The summed E-state index contributed by atoms with van der Waals surface area (Å²) in [4.78, 5) is 1.95. The van der Waals surface area contributed by atoms with Gasteiger partial charge < -0.3 is 4.90 Å². The first-order valence-electron chi connectivity index (χ1n) is 3.08. The molecular formula is C6H13NS3. The van der Waals surface area contributed by atoms with Crippen LogP contribution in [0.3, 0.4) is 0 Å². The van der Waals surface area contributed by atoms with Crippen LogP contribution < -0.4 is 0 Å². The fourth-order valence-corrected chi connectivity index (χ4v) is 2.26. The molecule has 0 N–H and O–H groups in total. The zero-order chi connectivity index (χ0) is 8.15. The summed E-state index contributed by atoms with van der Waals surface area (Å²) in [6.07, 6.45) is 0. The standard InChI is InChI=1S/C6H13NS3/c1-5(2)9-10-6(8)7(3)4/h5H,1-4H3. The van der Waals surface area contributed by atoms with Gasteiger partial charge in [-0.25, -0.2) is 0 Å². The molecule has 0 spiro atoms. The lowest BCUT2D eigenvalue weighted by Gasteiger charge is -2.12. The van der Waals surface area contributed by atoms with Crippen molar-refractivity contribution < 1.29 is 0 Å². The predicted octanol–water partition coefficient (Wildman–Crippen LogP) is 2.62. The van der Waals surface area contributed by atoms with E-state index in [1.165, 1.54) is 0 Å². The highest BCUT2D eigenvalue weighted by Crippen LogP contribution is 2.28. The molecule has 60 valence electrons. The lowest BCUT2D eigenvalue weighted by atomic mass is 10.6. The molecule has 0 aliphatic heterocycles. The first kappa shape index (κ1) is 10.6. The van der Waals surface area contributed by atoms with E-state index in [1.807, 2.05) is 19.0 Å². The van der Waals surface area contributed by atoms with E-state index in [0.29, 0.717) is 5.25 Å². The van der Waals surface area contributed by atoms with Crippen LogP contribution in [0.4, 0.5) is 0 Å². The summed E-state index contributed by atoms with van der Waals surface area (Å²) in [5.41, 5.74) is 0. The maximum Gasteiger partial charge on any atom is 0.146 e. The highest BCUT2D eigenvalue weighted by atomic mass is 33.1. The molecular weight excluding hydrogens is 182 g/mol. The van der Waals surface area contributed by atoms with E-state index in [9.17, 15) is 0 Å². The molecule has 0 aromatic rings. The van der Waals surface area contributed by atoms with E-state index in [2.05, 4.69) is 13.8 Å². The van der Waals surface area contributed by atoms with Gasteiger partial charge in [0.2, 0.25) is 0 Å². The van der Waals surface area contributed by atoms with Crippen LogP contribution in [0.15, 0.2) is 0 Å². The molecule has 0 aromatic carbocycles. The molecule has 0 heterocycles. The van der Waals surface area contributed by atoms with Gasteiger partial charge in [0.25, 0.3) is 0 Å². The van der Waals surface area contributed by atoms with Gasteiger partial charge in [-0.2, -0.15) is 0 Å². The van der Waals surface area contributed by atoms with Crippen LogP contribution in [-0.4, -0.2) is 28.6 Å². The van der Waals surface area contributed by atoms with Crippen LogP contribution >= 0.6 is 33.8 Å². The molecule has 0 atom stereocenters. The van der Waals surface area contributed by atoms with E-state index < -0.39 is 0 Å². The normalized spacial score (nSPS) is 10.1. The molecule has 1 nitrogen and oxygen atoms in total. The van der Waals surface area contributed by atoms with Gasteiger partial charge in [0.15, 0.2) is 0 Å². The average molecular weight is 195 g/mol. The Morgan fingerprint density at radius 3 is 2.20 bits per heavy atom. The molecule has 0 radical (unpaired) electrons. The van der Waals surface area contributed by atoms with Crippen molar-refractivity contribution >= 4 is 38.1 Å².